The van der Waals surface area contributed by atoms with E-state index in [1.54, 1.807) is 103 Å². The second-order valence-corrected chi connectivity index (χ2v) is 20.0. The third-order valence-electron chi connectivity index (χ3n) is 9.80. The standard InChI is InChI=1S/C18H15N4O3.C17H13N4O3.2C6H15P.2Au.Li.2H2O/c1-25-18(24)16(13-5-3-2-4-6-13)20-17(23)14-9-7-12(8-10-14)15-11-19-22-21-15;22-16(19-15(17(23)24)12-4-2-1-3-5-12)13-8-6-11(7-9-13)14-10-18-21-20-14;2*1-4-7(5-2)6-3;;;;;/h2-10,16H,1H3,(H,20,23)(H,19,21,22);1-9,15H,(H,19,22)(H,23,24)(H,18,20,21);2*4-6H2,1-3H3;;;;2*1H2/q2*-1;;;3*+1;;/p-1/t16-;15-;;;;;;;/m11......./s1. The largest absolute Gasteiger partial charge is 1.00 e. The first-order chi connectivity index (χ1) is 30.5. The molecule has 0 saturated carbocycles. The van der Waals surface area contributed by atoms with Crippen molar-refractivity contribution in [3.05, 3.63) is 144 Å². The number of esters is 1. The number of benzene rings is 4. The predicted octanol–water partition coefficient (Wildman–Crippen LogP) is 4.80. The van der Waals surface area contributed by atoms with Crippen molar-refractivity contribution in [3.63, 3.8) is 0 Å². The number of aromatic nitrogens is 6. The summed E-state index contributed by atoms with van der Waals surface area (Å²) in [6.07, 6.45) is 13.9. The SMILES string of the molecule is CCP(CC)CC.CCP(CC)CC.COC(=O)[C@H](NC(=O)c1ccc(-c2[c-]nn[nH]2)cc1)c1ccccc1.O.O=C(N[C@@H](C(=O)O)c1ccccc1)c1ccc(-c2[c-]nn[nH]2)cc1.[Au+].[Au+].[Li+].[OH-]. The van der Waals surface area contributed by atoms with Crippen LogP contribution in [0.3, 0.4) is 0 Å². The first kappa shape index (κ1) is 68.2. The summed E-state index contributed by atoms with van der Waals surface area (Å²) in [5.41, 5.74) is 4.74. The Hall–Kier alpha value is -4.10. The summed E-state index contributed by atoms with van der Waals surface area (Å²) in [4.78, 5) is 48.3. The summed E-state index contributed by atoms with van der Waals surface area (Å²) in [5, 5.41) is 34.3. The number of carboxylic acids is 1. The van der Waals surface area contributed by atoms with Crippen LogP contribution in [0.1, 0.15) is 85.5 Å². The first-order valence-electron chi connectivity index (χ1n) is 20.8. The summed E-state index contributed by atoms with van der Waals surface area (Å²) >= 11 is 0. The Bertz CT molecular complexity index is 2190. The molecule has 21 heteroatoms. The maximum atomic E-state index is 12.5. The van der Waals surface area contributed by atoms with Crippen LogP contribution in [-0.4, -0.2) is 115 Å². The molecule has 2 atom stereocenters. The number of hydrogen-bond donors (Lipinski definition) is 5. The molecule has 6 rings (SSSR count). The molecule has 2 heterocycles. The minimum Gasteiger partial charge on any atom is -0.870 e. The zero-order chi connectivity index (χ0) is 46.0. The number of nitrogens with zero attached hydrogens (tertiary/aromatic N) is 4. The number of H-pyrrole nitrogens is 2. The molecule has 2 amide bonds. The van der Waals surface area contributed by atoms with E-state index < -0.39 is 29.9 Å². The van der Waals surface area contributed by atoms with Crippen molar-refractivity contribution in [2.24, 2.45) is 0 Å². The van der Waals surface area contributed by atoms with Crippen molar-refractivity contribution in [1.29, 1.82) is 0 Å². The molecule has 0 fully saturated rings. The van der Waals surface area contributed by atoms with Crippen LogP contribution >= 0.6 is 15.8 Å². The topological polar surface area (TPSA) is 266 Å². The molecule has 16 nitrogen and oxygen atoms in total. The summed E-state index contributed by atoms with van der Waals surface area (Å²) in [7, 11) is 2.18. The minimum atomic E-state index is -1.12. The zero-order valence-corrected chi connectivity index (χ0v) is 45.6. The average molecular weight is 1330 g/mol. The fourth-order valence-electron chi connectivity index (χ4n) is 5.93. The van der Waals surface area contributed by atoms with Gasteiger partial charge >= 0.3 is 75.6 Å². The molecule has 0 spiro atoms. The monoisotopic (exact) mass is 1330 g/mol. The molecule has 0 radical (unpaired) electrons. The molecule has 0 aliphatic heterocycles. The second-order valence-electron chi connectivity index (χ2n) is 13.5. The molecule has 370 valence electrons. The Morgan fingerprint density at radius 2 is 0.912 bits per heavy atom. The Kier molecular flexibility index (Phi) is 38.8. The molecular formula is C47H61Au2LiN8O8P2. The third kappa shape index (κ3) is 23.0. The Morgan fingerprint density at radius 1 is 0.588 bits per heavy atom. The summed E-state index contributed by atoms with van der Waals surface area (Å²) < 4.78 is 4.80. The van der Waals surface area contributed by atoms with Gasteiger partial charge in [0.1, 0.15) is 0 Å². The van der Waals surface area contributed by atoms with Crippen LogP contribution in [0.5, 0.6) is 0 Å². The van der Waals surface area contributed by atoms with Gasteiger partial charge in [0.25, 0.3) is 11.8 Å². The smallest absolute Gasteiger partial charge is 0.870 e. The molecule has 2 aromatic heterocycles. The maximum absolute atomic E-state index is 12.5. The van der Waals surface area contributed by atoms with E-state index in [1.807, 2.05) is 6.07 Å². The van der Waals surface area contributed by atoms with E-state index in [0.717, 1.165) is 11.1 Å². The van der Waals surface area contributed by atoms with Gasteiger partial charge in [0.05, 0.1) is 7.11 Å². The Balaban J connectivity index is -0.000000920. The van der Waals surface area contributed by atoms with Gasteiger partial charge in [0.15, 0.2) is 12.1 Å². The molecule has 0 saturated heterocycles. The molecule has 0 aliphatic carbocycles. The first-order valence-corrected chi connectivity index (χ1v) is 24.6. The number of carbonyl (C=O) groups excluding carboxylic acids is 3. The molecule has 0 unspecified atom stereocenters. The van der Waals surface area contributed by atoms with Crippen molar-refractivity contribution >= 4 is 39.6 Å². The number of aliphatic carboxylic acids is 1. The van der Waals surface area contributed by atoms with Crippen LogP contribution in [0.15, 0.2) is 109 Å². The Morgan fingerprint density at radius 3 is 1.18 bits per heavy atom. The maximum Gasteiger partial charge on any atom is 1.00 e. The number of methoxy groups -OCH3 is 1. The quantitative estimate of drug-likeness (QED) is 0.0380. The van der Waals surface area contributed by atoms with Gasteiger partial charge < -0.3 is 31.4 Å². The van der Waals surface area contributed by atoms with Crippen molar-refractivity contribution in [2.45, 2.75) is 53.6 Å². The molecule has 8 N–H and O–H groups in total. The fourth-order valence-corrected chi connectivity index (χ4v) is 8.61. The predicted molar refractivity (Wildman–Crippen MR) is 257 cm³/mol. The number of carboxylic acid groups (broad SMARTS) is 1. The number of hydrogen-bond acceptors (Lipinski definition) is 10. The van der Waals surface area contributed by atoms with E-state index in [9.17, 15) is 24.3 Å². The van der Waals surface area contributed by atoms with Gasteiger partial charge in [-0.25, -0.2) is 19.8 Å². The van der Waals surface area contributed by atoms with Crippen LogP contribution in [-0.2, 0) is 59.1 Å². The molecule has 4 aromatic carbocycles. The van der Waals surface area contributed by atoms with E-state index in [-0.39, 0.29) is 80.5 Å². The van der Waals surface area contributed by atoms with E-state index in [1.165, 1.54) is 44.1 Å². The zero-order valence-electron chi connectivity index (χ0n) is 39.5. The van der Waals surface area contributed by atoms with E-state index in [2.05, 4.69) is 95.4 Å². The molecule has 6 aromatic rings. The third-order valence-corrected chi connectivity index (χ3v) is 15.2. The van der Waals surface area contributed by atoms with Gasteiger partial charge in [-0.3, -0.25) is 19.8 Å². The Labute approximate surface area is 445 Å². The van der Waals surface area contributed by atoms with Crippen molar-refractivity contribution in [3.8, 4) is 22.5 Å². The van der Waals surface area contributed by atoms with Crippen LogP contribution in [0.4, 0.5) is 0 Å². The van der Waals surface area contributed by atoms with Crippen LogP contribution in [0.2, 0.25) is 0 Å². The number of rotatable bonds is 16. The summed E-state index contributed by atoms with van der Waals surface area (Å²) in [5.74, 6) is -2.50. The summed E-state index contributed by atoms with van der Waals surface area (Å²) in [6, 6.07) is 28.9. The molecule has 68 heavy (non-hydrogen) atoms. The van der Waals surface area contributed by atoms with Crippen LogP contribution < -0.4 is 29.5 Å². The molecule has 0 aliphatic rings. The number of carbonyl (C=O) groups is 4. The minimum absolute atomic E-state index is 0. The normalized spacial score (nSPS) is 10.5. The number of amides is 2. The van der Waals surface area contributed by atoms with Crippen LogP contribution in [0.25, 0.3) is 22.5 Å². The van der Waals surface area contributed by atoms with E-state index in [4.69, 9.17) is 4.74 Å². The summed E-state index contributed by atoms with van der Waals surface area (Å²) in [6.45, 7) is 13.7. The molecular weight excluding hydrogens is 1270 g/mol. The number of ether oxygens (including phenoxy) is 1. The van der Waals surface area contributed by atoms with E-state index in [0.29, 0.717) is 49.5 Å². The van der Waals surface area contributed by atoms with Gasteiger partial charge in [-0.15, -0.1) is 51.2 Å². The van der Waals surface area contributed by atoms with Gasteiger partial charge in [-0.2, -0.15) is 0 Å². The number of nitrogens with one attached hydrogen (secondary N) is 4. The van der Waals surface area contributed by atoms with Crippen molar-refractivity contribution in [2.75, 3.05) is 44.1 Å². The van der Waals surface area contributed by atoms with Gasteiger partial charge in [-0.1, -0.05) is 161 Å². The van der Waals surface area contributed by atoms with Crippen LogP contribution in [0, 0.1) is 12.4 Å². The average Bonchev–Trinajstić information content (AvgIpc) is 4.09. The second kappa shape index (κ2) is 38.7. The van der Waals surface area contributed by atoms with Gasteiger partial charge in [0, 0.05) is 11.1 Å². The van der Waals surface area contributed by atoms with Crippen molar-refractivity contribution in [1.82, 2.24) is 41.5 Å². The fraction of sp³-hybridized carbons (Fsp3) is 0.319. The van der Waals surface area contributed by atoms with Gasteiger partial charge in [-0.05, 0) is 48.1 Å². The number of aromatic amines is 2. The van der Waals surface area contributed by atoms with Crippen molar-refractivity contribution < 1.29 is 104 Å². The van der Waals surface area contributed by atoms with Gasteiger partial charge in [0.2, 0.25) is 0 Å². The van der Waals surface area contributed by atoms with E-state index >= 15 is 0 Å². The molecule has 0 bridgehead atoms.